The van der Waals surface area contributed by atoms with Crippen LogP contribution in [0.3, 0.4) is 0 Å². The van der Waals surface area contributed by atoms with Gasteiger partial charge in [-0.25, -0.2) is 13.6 Å². The molecule has 27 heavy (non-hydrogen) atoms. The minimum absolute atomic E-state index is 0.109. The molecule has 1 aliphatic carbocycles. The van der Waals surface area contributed by atoms with Crippen molar-refractivity contribution in [3.63, 3.8) is 0 Å². The molecule has 4 nitrogen and oxygen atoms in total. The average molecular weight is 380 g/mol. The Morgan fingerprint density at radius 2 is 1.85 bits per heavy atom. The largest absolute Gasteiger partial charge is 0.454 e. The second-order valence-electron chi connectivity index (χ2n) is 8.65. The summed E-state index contributed by atoms with van der Waals surface area (Å²) in [5, 5.41) is 11.4. The maximum atomic E-state index is 13.8. The van der Waals surface area contributed by atoms with Gasteiger partial charge in [0.2, 0.25) is 5.92 Å². The van der Waals surface area contributed by atoms with E-state index in [9.17, 15) is 18.7 Å². The van der Waals surface area contributed by atoms with E-state index in [-0.39, 0.29) is 18.9 Å². The Labute approximate surface area is 158 Å². The Kier molecular flexibility index (Phi) is 4.75. The fraction of sp³-hybridized carbons (Fsp3) is 0.667. The smallest absolute Gasteiger partial charge is 0.343 e. The highest BCUT2D eigenvalue weighted by Crippen LogP contribution is 2.48. The number of alkyl halides is 2. The molecule has 1 aromatic rings. The molecule has 2 aliphatic heterocycles. The highest BCUT2D eigenvalue weighted by molar-refractivity contribution is 5.82. The fourth-order valence-electron chi connectivity index (χ4n) is 5.30. The SMILES string of the molecule is O=C(O[C@@H]1CC[N+]2(CCCC2)C1)[C@](O)(c1ccccc1)[C@@H]1CCC(F)(F)C1. The van der Waals surface area contributed by atoms with Crippen LogP contribution in [0, 0.1) is 5.92 Å². The maximum absolute atomic E-state index is 13.8. The summed E-state index contributed by atoms with van der Waals surface area (Å²) in [5.74, 6) is -4.44. The van der Waals surface area contributed by atoms with Crippen molar-refractivity contribution in [1.29, 1.82) is 0 Å². The second-order valence-corrected chi connectivity index (χ2v) is 8.65. The van der Waals surface area contributed by atoms with Crippen LogP contribution in [0.2, 0.25) is 0 Å². The van der Waals surface area contributed by atoms with Gasteiger partial charge >= 0.3 is 5.97 Å². The summed E-state index contributed by atoms with van der Waals surface area (Å²) >= 11 is 0. The number of nitrogens with zero attached hydrogens (tertiary/aromatic N) is 1. The number of benzene rings is 1. The molecule has 0 aromatic heterocycles. The van der Waals surface area contributed by atoms with E-state index < -0.39 is 29.8 Å². The lowest BCUT2D eigenvalue weighted by molar-refractivity contribution is -0.906. The van der Waals surface area contributed by atoms with Crippen LogP contribution in [-0.2, 0) is 15.1 Å². The molecule has 3 aliphatic rings. The fourth-order valence-corrected chi connectivity index (χ4v) is 5.30. The van der Waals surface area contributed by atoms with Gasteiger partial charge in [0.25, 0.3) is 0 Å². The van der Waals surface area contributed by atoms with E-state index in [1.165, 1.54) is 12.8 Å². The molecule has 1 N–H and O–H groups in total. The summed E-state index contributed by atoms with van der Waals surface area (Å²) in [6, 6.07) is 8.44. The summed E-state index contributed by atoms with van der Waals surface area (Å²) in [5.41, 5.74) is -1.67. The zero-order valence-corrected chi connectivity index (χ0v) is 15.6. The average Bonchev–Trinajstić information content (AvgIpc) is 3.37. The van der Waals surface area contributed by atoms with E-state index in [1.54, 1.807) is 30.3 Å². The molecule has 0 radical (unpaired) electrons. The van der Waals surface area contributed by atoms with E-state index in [4.69, 9.17) is 4.74 Å². The van der Waals surface area contributed by atoms with Crippen LogP contribution in [0.4, 0.5) is 8.78 Å². The maximum Gasteiger partial charge on any atom is 0.343 e. The predicted molar refractivity (Wildman–Crippen MR) is 96.1 cm³/mol. The third kappa shape index (κ3) is 3.49. The van der Waals surface area contributed by atoms with Crippen molar-refractivity contribution in [1.82, 2.24) is 0 Å². The molecule has 0 amide bonds. The summed E-state index contributed by atoms with van der Waals surface area (Å²) in [6.45, 7) is 4.00. The molecule has 0 bridgehead atoms. The lowest BCUT2D eigenvalue weighted by Gasteiger charge is -2.33. The molecule has 6 heteroatoms. The first-order valence-electron chi connectivity index (χ1n) is 10.0. The zero-order valence-electron chi connectivity index (χ0n) is 15.6. The number of ether oxygens (including phenoxy) is 1. The lowest BCUT2D eigenvalue weighted by atomic mass is 9.80. The first-order chi connectivity index (χ1) is 12.8. The molecule has 3 fully saturated rings. The number of hydrogen-bond acceptors (Lipinski definition) is 3. The van der Waals surface area contributed by atoms with Gasteiger partial charge in [-0.2, -0.15) is 0 Å². The van der Waals surface area contributed by atoms with E-state index >= 15 is 0 Å². The Bertz CT molecular complexity index is 690. The lowest BCUT2D eigenvalue weighted by Crippen LogP contribution is -2.47. The summed E-state index contributed by atoms with van der Waals surface area (Å²) < 4.78 is 34.4. The van der Waals surface area contributed by atoms with E-state index in [0.29, 0.717) is 5.56 Å². The number of esters is 1. The molecule has 148 valence electrons. The molecular formula is C21H28F2NO3+. The monoisotopic (exact) mass is 380 g/mol. The molecule has 2 heterocycles. The van der Waals surface area contributed by atoms with Gasteiger partial charge in [-0.15, -0.1) is 0 Å². The molecule has 1 saturated carbocycles. The number of aliphatic hydroxyl groups is 1. The highest BCUT2D eigenvalue weighted by atomic mass is 19.3. The van der Waals surface area contributed by atoms with Crippen molar-refractivity contribution < 1.29 is 27.9 Å². The van der Waals surface area contributed by atoms with Gasteiger partial charge in [-0.05, 0) is 12.0 Å². The van der Waals surface area contributed by atoms with Gasteiger partial charge in [-0.3, -0.25) is 0 Å². The number of carbonyl (C=O) groups is 1. The highest BCUT2D eigenvalue weighted by Gasteiger charge is 2.55. The molecule has 0 unspecified atom stereocenters. The number of halogens is 2. The van der Waals surface area contributed by atoms with Crippen LogP contribution in [0.5, 0.6) is 0 Å². The van der Waals surface area contributed by atoms with Crippen LogP contribution >= 0.6 is 0 Å². The summed E-state index contributed by atoms with van der Waals surface area (Å²) in [6.07, 6.45) is 2.25. The quantitative estimate of drug-likeness (QED) is 0.644. The van der Waals surface area contributed by atoms with Crippen molar-refractivity contribution in [3.8, 4) is 0 Å². The van der Waals surface area contributed by atoms with Crippen molar-refractivity contribution >= 4 is 5.97 Å². The van der Waals surface area contributed by atoms with Crippen molar-refractivity contribution in [2.45, 2.75) is 56.2 Å². The molecule has 1 aromatic carbocycles. The van der Waals surface area contributed by atoms with E-state index in [1.807, 2.05) is 0 Å². The van der Waals surface area contributed by atoms with Gasteiger partial charge in [-0.1, -0.05) is 30.3 Å². The Hall–Kier alpha value is -1.53. The Morgan fingerprint density at radius 3 is 2.48 bits per heavy atom. The molecule has 2 saturated heterocycles. The predicted octanol–water partition coefficient (Wildman–Crippen LogP) is 3.24. The van der Waals surface area contributed by atoms with Gasteiger partial charge in [0, 0.05) is 38.0 Å². The van der Waals surface area contributed by atoms with Gasteiger partial charge in [0.05, 0.1) is 19.6 Å². The topological polar surface area (TPSA) is 46.5 Å². The van der Waals surface area contributed by atoms with Crippen molar-refractivity contribution in [3.05, 3.63) is 35.9 Å². The van der Waals surface area contributed by atoms with Gasteiger partial charge in [0.15, 0.2) is 11.7 Å². The standard InChI is InChI=1S/C21H28F2NO3/c22-20(23)10-8-17(14-20)21(26,16-6-2-1-3-7-16)19(25)27-18-9-13-24(15-18)11-4-5-12-24/h1-3,6-7,17-18,26H,4-5,8-15H2/q+1/t17-,18-,21+/m1/s1. The van der Waals surface area contributed by atoms with Gasteiger partial charge < -0.3 is 14.3 Å². The van der Waals surface area contributed by atoms with Crippen LogP contribution in [0.25, 0.3) is 0 Å². The normalized spacial score (nSPS) is 31.1. The van der Waals surface area contributed by atoms with Gasteiger partial charge in [0.1, 0.15) is 6.54 Å². The van der Waals surface area contributed by atoms with Crippen LogP contribution < -0.4 is 0 Å². The molecular weight excluding hydrogens is 352 g/mol. The number of rotatable bonds is 4. The number of hydrogen-bond donors (Lipinski definition) is 1. The summed E-state index contributed by atoms with van der Waals surface area (Å²) in [4.78, 5) is 13.1. The first kappa shape index (κ1) is 18.8. The molecule has 3 atom stereocenters. The first-order valence-corrected chi connectivity index (χ1v) is 10.0. The zero-order chi connectivity index (χ0) is 19.1. The number of quaternary nitrogens is 1. The Balaban J connectivity index is 1.55. The van der Waals surface area contributed by atoms with Crippen molar-refractivity contribution in [2.75, 3.05) is 26.2 Å². The second kappa shape index (κ2) is 6.82. The molecule has 4 rings (SSSR count). The minimum atomic E-state index is -2.84. The van der Waals surface area contributed by atoms with E-state index in [2.05, 4.69) is 0 Å². The van der Waals surface area contributed by atoms with Crippen molar-refractivity contribution in [2.24, 2.45) is 5.92 Å². The Morgan fingerprint density at radius 1 is 1.15 bits per heavy atom. The van der Waals surface area contributed by atoms with Crippen LogP contribution in [-0.4, -0.2) is 53.8 Å². The third-order valence-electron chi connectivity index (χ3n) is 6.82. The minimum Gasteiger partial charge on any atom is -0.454 e. The number of carbonyl (C=O) groups excluding carboxylic acids is 1. The summed E-state index contributed by atoms with van der Waals surface area (Å²) in [7, 11) is 0. The molecule has 1 spiro atoms. The van der Waals surface area contributed by atoms with Crippen LogP contribution in [0.15, 0.2) is 30.3 Å². The van der Waals surface area contributed by atoms with E-state index in [0.717, 1.165) is 37.1 Å². The third-order valence-corrected chi connectivity index (χ3v) is 6.82. The van der Waals surface area contributed by atoms with Crippen LogP contribution in [0.1, 0.15) is 44.1 Å².